The van der Waals surface area contributed by atoms with Crippen LogP contribution in [0.4, 0.5) is 9.39 Å². The van der Waals surface area contributed by atoms with E-state index in [1.54, 1.807) is 18.2 Å². The zero-order valence-electron chi connectivity index (χ0n) is 15.9. The number of thiophene rings is 1. The summed E-state index contributed by atoms with van der Waals surface area (Å²) in [7, 11) is 0. The van der Waals surface area contributed by atoms with Crippen LogP contribution in [0.25, 0.3) is 11.4 Å². The highest BCUT2D eigenvalue weighted by Gasteiger charge is 2.25. The van der Waals surface area contributed by atoms with E-state index in [0.29, 0.717) is 10.6 Å². The quantitative estimate of drug-likeness (QED) is 0.394. The van der Waals surface area contributed by atoms with E-state index in [9.17, 15) is 14.0 Å². The third-order valence-electron chi connectivity index (χ3n) is 4.78. The number of hydrogen-bond acceptors (Lipinski definition) is 7. The third kappa shape index (κ3) is 3.90. The van der Waals surface area contributed by atoms with E-state index in [1.165, 1.54) is 17.4 Å². The van der Waals surface area contributed by atoms with Crippen LogP contribution in [0.2, 0.25) is 0 Å². The van der Waals surface area contributed by atoms with E-state index in [-0.39, 0.29) is 28.2 Å². The second kappa shape index (κ2) is 8.44. The average Bonchev–Trinajstić information content (AvgIpc) is 3.26. The molecule has 0 saturated carbocycles. The van der Waals surface area contributed by atoms with Crippen LogP contribution in [0, 0.1) is 5.82 Å². The van der Waals surface area contributed by atoms with Crippen molar-refractivity contribution in [3.05, 3.63) is 46.1 Å². The van der Waals surface area contributed by atoms with Gasteiger partial charge in [-0.1, -0.05) is 23.9 Å². The van der Waals surface area contributed by atoms with Crippen LogP contribution < -0.4 is 16.9 Å². The number of amides is 2. The number of benzene rings is 1. The number of aromatic nitrogens is 3. The summed E-state index contributed by atoms with van der Waals surface area (Å²) in [6.07, 6.45) is 3.75. The first kappa shape index (κ1) is 20.4. The zero-order valence-corrected chi connectivity index (χ0v) is 17.5. The summed E-state index contributed by atoms with van der Waals surface area (Å²) in [5.74, 6) is 4.82. The van der Waals surface area contributed by atoms with Gasteiger partial charge >= 0.3 is 0 Å². The zero-order chi connectivity index (χ0) is 21.3. The summed E-state index contributed by atoms with van der Waals surface area (Å²) in [5, 5.41) is 11.4. The topological polar surface area (TPSA) is 129 Å². The molecule has 0 fully saturated rings. The number of carbonyl (C=O) groups is 2. The predicted molar refractivity (Wildman–Crippen MR) is 114 cm³/mol. The molecule has 8 nitrogen and oxygen atoms in total. The summed E-state index contributed by atoms with van der Waals surface area (Å²) in [5.41, 5.74) is 7.15. The molecule has 1 aliphatic rings. The van der Waals surface area contributed by atoms with E-state index < -0.39 is 11.7 Å². The molecule has 156 valence electrons. The first-order valence-electron chi connectivity index (χ1n) is 9.28. The Labute approximate surface area is 179 Å². The Morgan fingerprint density at radius 1 is 1.23 bits per heavy atom. The molecule has 1 aliphatic carbocycles. The molecule has 0 spiro atoms. The first-order chi connectivity index (χ1) is 14.5. The SMILES string of the molecule is NC(=O)c1c(NC(=O)CSc2nnc(-c3ccccc3F)n2N)sc2c1CCCC2. The second-order valence-electron chi connectivity index (χ2n) is 6.77. The van der Waals surface area contributed by atoms with Gasteiger partial charge in [-0.2, -0.15) is 0 Å². The van der Waals surface area contributed by atoms with Gasteiger partial charge in [0.2, 0.25) is 11.1 Å². The number of nitrogens with two attached hydrogens (primary N) is 2. The van der Waals surface area contributed by atoms with Gasteiger partial charge in [0.1, 0.15) is 10.8 Å². The molecule has 3 aromatic rings. The predicted octanol–water partition coefficient (Wildman–Crippen LogP) is 2.57. The monoisotopic (exact) mass is 446 g/mol. The van der Waals surface area contributed by atoms with Gasteiger partial charge < -0.3 is 16.9 Å². The van der Waals surface area contributed by atoms with Crippen molar-refractivity contribution in [3.63, 3.8) is 0 Å². The lowest BCUT2D eigenvalue weighted by atomic mass is 9.95. The minimum absolute atomic E-state index is 0.00657. The number of rotatable bonds is 6. The molecule has 0 saturated heterocycles. The van der Waals surface area contributed by atoms with E-state index in [0.717, 1.165) is 52.6 Å². The van der Waals surface area contributed by atoms with Crippen molar-refractivity contribution in [2.75, 3.05) is 16.9 Å². The molecule has 30 heavy (non-hydrogen) atoms. The number of nitrogen functional groups attached to an aromatic ring is 1. The van der Waals surface area contributed by atoms with Crippen LogP contribution >= 0.6 is 23.1 Å². The van der Waals surface area contributed by atoms with E-state index in [2.05, 4.69) is 15.5 Å². The number of halogens is 1. The molecule has 5 N–H and O–H groups in total. The molecule has 0 bridgehead atoms. The Hall–Kier alpha value is -2.92. The number of carbonyl (C=O) groups excluding carboxylic acids is 2. The Balaban J connectivity index is 1.46. The van der Waals surface area contributed by atoms with Crippen molar-refractivity contribution in [2.24, 2.45) is 5.73 Å². The van der Waals surface area contributed by atoms with Gasteiger partial charge in [0.05, 0.1) is 16.9 Å². The van der Waals surface area contributed by atoms with Crippen LogP contribution in [-0.4, -0.2) is 32.4 Å². The molecule has 2 aromatic heterocycles. The Kier molecular flexibility index (Phi) is 5.73. The number of fused-ring (bicyclic) bond motifs is 1. The molecule has 2 amide bonds. The summed E-state index contributed by atoms with van der Waals surface area (Å²) in [4.78, 5) is 25.5. The fourth-order valence-corrected chi connectivity index (χ4v) is 5.38. The van der Waals surface area contributed by atoms with Gasteiger partial charge in [0, 0.05) is 4.88 Å². The van der Waals surface area contributed by atoms with Crippen LogP contribution in [0.1, 0.15) is 33.6 Å². The van der Waals surface area contributed by atoms with Crippen molar-refractivity contribution >= 4 is 39.9 Å². The molecular weight excluding hydrogens is 427 g/mol. The van der Waals surface area contributed by atoms with Crippen molar-refractivity contribution in [1.29, 1.82) is 0 Å². The maximum atomic E-state index is 14.0. The number of hydrogen-bond donors (Lipinski definition) is 3. The third-order valence-corrected chi connectivity index (χ3v) is 6.93. The fourth-order valence-electron chi connectivity index (χ4n) is 3.41. The maximum absolute atomic E-state index is 14.0. The number of anilines is 1. The molecular formula is C19H19FN6O2S2. The van der Waals surface area contributed by atoms with Crippen molar-refractivity contribution < 1.29 is 14.0 Å². The van der Waals surface area contributed by atoms with Gasteiger partial charge in [-0.05, 0) is 43.4 Å². The molecule has 0 radical (unpaired) electrons. The number of aryl methyl sites for hydroxylation is 1. The van der Waals surface area contributed by atoms with Gasteiger partial charge in [-0.15, -0.1) is 21.5 Å². The lowest BCUT2D eigenvalue weighted by Crippen LogP contribution is -2.20. The summed E-state index contributed by atoms with van der Waals surface area (Å²) in [6.45, 7) is 0. The van der Waals surface area contributed by atoms with E-state index >= 15 is 0 Å². The van der Waals surface area contributed by atoms with Crippen LogP contribution in [0.15, 0.2) is 29.4 Å². The number of primary amides is 1. The highest BCUT2D eigenvalue weighted by Crippen LogP contribution is 2.38. The Bertz CT molecular complexity index is 1130. The largest absolute Gasteiger partial charge is 0.365 e. The first-order valence-corrected chi connectivity index (χ1v) is 11.1. The van der Waals surface area contributed by atoms with Crippen LogP contribution in [0.5, 0.6) is 0 Å². The maximum Gasteiger partial charge on any atom is 0.251 e. The van der Waals surface area contributed by atoms with E-state index in [4.69, 9.17) is 11.6 Å². The van der Waals surface area contributed by atoms with Gasteiger partial charge in [-0.25, -0.2) is 9.07 Å². The second-order valence-corrected chi connectivity index (χ2v) is 8.82. The lowest BCUT2D eigenvalue weighted by Gasteiger charge is -2.11. The lowest BCUT2D eigenvalue weighted by molar-refractivity contribution is -0.113. The molecule has 1 aromatic carbocycles. The summed E-state index contributed by atoms with van der Waals surface area (Å²) in [6, 6.07) is 6.10. The molecule has 0 aliphatic heterocycles. The number of nitrogens with one attached hydrogen (secondary N) is 1. The van der Waals surface area contributed by atoms with Crippen molar-refractivity contribution in [3.8, 4) is 11.4 Å². The van der Waals surface area contributed by atoms with Gasteiger partial charge in [-0.3, -0.25) is 9.59 Å². The number of nitrogens with zero attached hydrogens (tertiary/aromatic N) is 3. The molecule has 2 heterocycles. The van der Waals surface area contributed by atoms with Gasteiger partial charge in [0.25, 0.3) is 5.91 Å². The van der Waals surface area contributed by atoms with Crippen LogP contribution in [0.3, 0.4) is 0 Å². The van der Waals surface area contributed by atoms with Gasteiger partial charge in [0.15, 0.2) is 5.82 Å². The van der Waals surface area contributed by atoms with Crippen molar-refractivity contribution in [2.45, 2.75) is 30.8 Å². The molecule has 4 rings (SSSR count). The summed E-state index contributed by atoms with van der Waals surface area (Å²) < 4.78 is 15.1. The normalized spacial score (nSPS) is 13.1. The molecule has 0 unspecified atom stereocenters. The minimum atomic E-state index is -0.534. The van der Waals surface area contributed by atoms with E-state index in [1.807, 2.05) is 0 Å². The average molecular weight is 447 g/mol. The van der Waals surface area contributed by atoms with Crippen molar-refractivity contribution in [1.82, 2.24) is 14.9 Å². The molecule has 0 atom stereocenters. The molecule has 11 heteroatoms. The summed E-state index contributed by atoms with van der Waals surface area (Å²) >= 11 is 2.47. The highest BCUT2D eigenvalue weighted by molar-refractivity contribution is 7.99. The Morgan fingerprint density at radius 2 is 2.00 bits per heavy atom. The standard InChI is InChI=1S/C19H19FN6O2S2/c20-12-7-3-1-5-10(12)17-24-25-19(26(17)22)29-9-14(27)23-18-15(16(21)28)11-6-2-4-8-13(11)30-18/h1,3,5,7H,2,4,6,8-9,22H2,(H2,21,28)(H,23,27). The Morgan fingerprint density at radius 3 is 2.77 bits per heavy atom. The van der Waals surface area contributed by atoms with Crippen LogP contribution in [-0.2, 0) is 17.6 Å². The highest BCUT2D eigenvalue weighted by atomic mass is 32.2. The minimum Gasteiger partial charge on any atom is -0.365 e. The smallest absolute Gasteiger partial charge is 0.251 e. The number of thioether (sulfide) groups is 1. The fraction of sp³-hybridized carbons (Fsp3) is 0.263.